The van der Waals surface area contributed by atoms with E-state index in [4.69, 9.17) is 54.8 Å². The third-order valence-corrected chi connectivity index (χ3v) is 15.3. The highest BCUT2D eigenvalue weighted by molar-refractivity contribution is 7.99. The van der Waals surface area contributed by atoms with Crippen molar-refractivity contribution in [2.75, 3.05) is 38.4 Å². The van der Waals surface area contributed by atoms with Gasteiger partial charge in [0, 0.05) is 94.2 Å². The highest BCUT2D eigenvalue weighted by Gasteiger charge is 2.54. The van der Waals surface area contributed by atoms with E-state index in [-0.39, 0.29) is 55.8 Å². The number of aromatic hydroxyl groups is 3. The van der Waals surface area contributed by atoms with Gasteiger partial charge in [0.05, 0.1) is 47.5 Å². The minimum absolute atomic E-state index is 0.0437. The number of hydrogen-bond donors (Lipinski definition) is 8. The number of fused-ring (bicyclic) bond motifs is 14. The first-order valence-electron chi connectivity index (χ1n) is 25.6. The highest BCUT2D eigenvalue weighted by atomic mass is 32.2. The maximum Gasteiger partial charge on any atom is 0.508 e. The second-order valence-electron chi connectivity index (χ2n) is 19.9. The standard InChI is InChI=1S/C54H71N3O22S2/c1-22-15-14-16-23(2)50(68)56-37-41(65)35-34(36-44(27(6)40(35)64)79-54(11,49(36)67)73-19-17-32(70-12)24(3)43(74-29(8)59)26(5)39(63)25(4)38(22)62)42(66)48(37)81-20-18-55-52(80)57-51-47(76-31(10)61)46(78-53(69)71-13)45(75-30(9)60)33(77-51)21-72-28(7)58/h14-17,19,22,24-26,32-33,38-39,43,45-47,51,62-66H,18,20-21H2,1-13H3,(H,56,68)(H2,55,57,80)/b15-14+,19-17+,23-16-/t22-,24+,25+,26+,32-,33+,38-,39+,43+,45+,46-,47+,51?,54-/m0/s1. The van der Waals surface area contributed by atoms with Crippen molar-refractivity contribution in [3.05, 3.63) is 47.3 Å². The third kappa shape index (κ3) is 15.0. The molecule has 1 amide bonds. The van der Waals surface area contributed by atoms with Crippen LogP contribution < -0.4 is 20.7 Å². The van der Waals surface area contributed by atoms with Crippen LogP contribution in [0.15, 0.2) is 41.0 Å². The first-order chi connectivity index (χ1) is 38.0. The van der Waals surface area contributed by atoms with E-state index in [1.54, 1.807) is 33.8 Å². The molecule has 4 aliphatic heterocycles. The largest absolute Gasteiger partial charge is 0.508 e. The summed E-state index contributed by atoms with van der Waals surface area (Å²) in [7, 11) is 2.40. The lowest BCUT2D eigenvalue weighted by Gasteiger charge is -2.44. The van der Waals surface area contributed by atoms with Crippen molar-refractivity contribution in [3.8, 4) is 23.0 Å². The summed E-state index contributed by atoms with van der Waals surface area (Å²) < 4.78 is 55.9. The van der Waals surface area contributed by atoms with Crippen molar-refractivity contribution in [2.45, 2.75) is 142 Å². The second-order valence-corrected chi connectivity index (χ2v) is 21.4. The van der Waals surface area contributed by atoms with Crippen molar-refractivity contribution in [1.82, 2.24) is 10.6 Å². The molecule has 4 heterocycles. The normalized spacial score (nSPS) is 30.3. The number of hydrogen-bond acceptors (Lipinski definition) is 24. The molecule has 2 aromatic rings. The van der Waals surface area contributed by atoms with Gasteiger partial charge in [0.15, 0.2) is 35.4 Å². The summed E-state index contributed by atoms with van der Waals surface area (Å²) in [4.78, 5) is 90.1. The van der Waals surface area contributed by atoms with Crippen molar-refractivity contribution >= 4 is 87.3 Å². The molecule has 4 aliphatic rings. The number of amides is 1. The zero-order valence-electron chi connectivity index (χ0n) is 47.0. The van der Waals surface area contributed by atoms with Gasteiger partial charge < -0.3 is 88.9 Å². The fourth-order valence-corrected chi connectivity index (χ4v) is 10.8. The minimum atomic E-state index is -2.17. The first-order valence-corrected chi connectivity index (χ1v) is 27.0. The second kappa shape index (κ2) is 27.7. The van der Waals surface area contributed by atoms with Crippen LogP contribution in [0.3, 0.4) is 0 Å². The van der Waals surface area contributed by atoms with Gasteiger partial charge in [-0.25, -0.2) is 4.79 Å². The molecule has 1 unspecified atom stereocenters. The van der Waals surface area contributed by atoms with E-state index in [1.807, 2.05) is 0 Å². The Balaban J connectivity index is 1.56. The van der Waals surface area contributed by atoms with E-state index in [1.165, 1.54) is 53.0 Å². The molecular weight excluding hydrogens is 1110 g/mol. The van der Waals surface area contributed by atoms with Crippen LogP contribution in [0.1, 0.15) is 85.2 Å². The molecule has 27 heteroatoms. The monoisotopic (exact) mass is 1180 g/mol. The Hall–Kier alpha value is -6.91. The Bertz CT molecular complexity index is 2840. The number of benzene rings is 2. The van der Waals surface area contributed by atoms with Crippen LogP contribution in [0.5, 0.6) is 23.0 Å². The number of methoxy groups -OCH3 is 2. The van der Waals surface area contributed by atoms with Crippen molar-refractivity contribution < 1.29 is 106 Å². The van der Waals surface area contributed by atoms with E-state index < -0.39 is 155 Å². The van der Waals surface area contributed by atoms with Crippen LogP contribution >= 0.6 is 24.0 Å². The topological polar surface area (TPSA) is 349 Å². The number of aliphatic hydroxyl groups excluding tert-OH is 2. The zero-order chi connectivity index (χ0) is 60.5. The Morgan fingerprint density at radius 2 is 1.42 bits per heavy atom. The fraction of sp³-hybridized carbons (Fsp3) is 0.556. The SMILES string of the molecule is COC(=O)O[C@H]1[C@H](OC(C)=O)[C@@H](COC(C)=O)OC(NC(=S)NCCSc2c3c(O)c4c(O)c(C)c5c(c4c2O)C(=O)[C@@](C)(O/C=C/[C@H](OC)[C@@H](C)[C@@H](OC(C)=O)[C@H](C)[C@H](O)[C@H](C)[C@@H](O)[C@@H](C)/C=C/C=C(/C)C(=O)N3)O5)[C@@H]1OC(C)=O. The lowest BCUT2D eigenvalue weighted by atomic mass is 9.78. The maximum absolute atomic E-state index is 14.7. The summed E-state index contributed by atoms with van der Waals surface area (Å²) in [6, 6.07) is 0. The van der Waals surface area contributed by atoms with Crippen LogP contribution in [-0.2, 0) is 66.6 Å². The van der Waals surface area contributed by atoms with E-state index in [2.05, 4.69) is 20.7 Å². The number of ketones is 1. The van der Waals surface area contributed by atoms with E-state index in [0.29, 0.717) is 0 Å². The summed E-state index contributed by atoms with van der Waals surface area (Å²) in [6.45, 7) is 14.7. The van der Waals surface area contributed by atoms with Gasteiger partial charge in [-0.2, -0.15) is 0 Å². The van der Waals surface area contributed by atoms with Crippen LogP contribution in [-0.4, -0.2) is 166 Å². The molecule has 25 nitrogen and oxygen atoms in total. The van der Waals surface area contributed by atoms with Gasteiger partial charge >= 0.3 is 35.8 Å². The fourth-order valence-electron chi connectivity index (χ4n) is 9.65. The number of esters is 4. The molecule has 81 heavy (non-hydrogen) atoms. The summed E-state index contributed by atoms with van der Waals surface area (Å²) in [5, 5.41) is 66.8. The number of thioether (sulfide) groups is 1. The molecule has 446 valence electrons. The molecule has 2 aromatic carbocycles. The summed E-state index contributed by atoms with van der Waals surface area (Å²) in [5.74, 6) is -12.1. The van der Waals surface area contributed by atoms with Gasteiger partial charge in [0.2, 0.25) is 0 Å². The number of nitrogens with one attached hydrogen (secondary N) is 3. The number of carbonyl (C=O) groups excluding carboxylic acids is 7. The average molecular weight is 1180 g/mol. The van der Waals surface area contributed by atoms with E-state index in [0.717, 1.165) is 45.9 Å². The Kier molecular flexibility index (Phi) is 22.2. The molecule has 6 rings (SSSR count). The lowest BCUT2D eigenvalue weighted by molar-refractivity contribution is -0.250. The number of thiocarbonyl (C=S) groups is 1. The number of phenolic OH excluding ortho intramolecular Hbond substituents is 3. The number of allylic oxidation sites excluding steroid dienone is 2. The zero-order valence-corrected chi connectivity index (χ0v) is 48.6. The molecular formula is C54H71N3O22S2. The van der Waals surface area contributed by atoms with E-state index in [9.17, 15) is 59.1 Å². The van der Waals surface area contributed by atoms with Crippen LogP contribution in [0.25, 0.3) is 10.8 Å². The van der Waals surface area contributed by atoms with Gasteiger partial charge in [-0.1, -0.05) is 45.9 Å². The molecule has 0 aromatic heterocycles. The molecule has 1 fully saturated rings. The van der Waals surface area contributed by atoms with E-state index >= 15 is 0 Å². The molecule has 0 spiro atoms. The number of rotatable bonds is 12. The van der Waals surface area contributed by atoms with Crippen molar-refractivity contribution in [3.63, 3.8) is 0 Å². The molecule has 0 aliphatic carbocycles. The number of ether oxygens (including phenoxy) is 10. The predicted molar refractivity (Wildman–Crippen MR) is 292 cm³/mol. The Morgan fingerprint density at radius 1 is 0.790 bits per heavy atom. The number of Topliss-reactive ketones (excluding diaryl/α,β-unsaturated/α-hetero) is 1. The first kappa shape index (κ1) is 64.9. The van der Waals surface area contributed by atoms with Crippen LogP contribution in [0, 0.1) is 30.6 Å². The molecule has 0 saturated carbocycles. The predicted octanol–water partition coefficient (Wildman–Crippen LogP) is 4.61. The van der Waals surface area contributed by atoms with Gasteiger partial charge in [0.1, 0.15) is 41.8 Å². The quantitative estimate of drug-likeness (QED) is 0.0273. The van der Waals surface area contributed by atoms with Crippen LogP contribution in [0.4, 0.5) is 10.5 Å². The smallest absolute Gasteiger partial charge is 0.507 e. The molecule has 0 radical (unpaired) electrons. The molecule has 8 N–H and O–H groups in total. The van der Waals surface area contributed by atoms with Gasteiger partial charge in [-0.3, -0.25) is 28.8 Å². The number of aliphatic hydroxyl groups is 2. The number of anilines is 1. The van der Waals surface area contributed by atoms with Crippen molar-refractivity contribution in [2.24, 2.45) is 23.7 Å². The number of phenols is 3. The van der Waals surface area contributed by atoms with Crippen molar-refractivity contribution in [1.29, 1.82) is 0 Å². The van der Waals surface area contributed by atoms with Gasteiger partial charge in [-0.05, 0) is 32.1 Å². The number of carbonyl (C=O) groups is 7. The Labute approximate surface area is 476 Å². The summed E-state index contributed by atoms with van der Waals surface area (Å²) in [5.41, 5.74) is -0.657. The lowest BCUT2D eigenvalue weighted by Crippen LogP contribution is -2.66. The molecule has 5 bridgehead atoms. The minimum Gasteiger partial charge on any atom is -0.507 e. The average Bonchev–Trinajstić information content (AvgIpc) is 3.41. The highest BCUT2D eigenvalue weighted by Crippen LogP contribution is 2.57. The van der Waals surface area contributed by atoms with Gasteiger partial charge in [-0.15, -0.1) is 11.8 Å². The third-order valence-electron chi connectivity index (χ3n) is 13.9. The van der Waals surface area contributed by atoms with Gasteiger partial charge in [0.25, 0.3) is 11.7 Å². The molecule has 1 saturated heterocycles. The summed E-state index contributed by atoms with van der Waals surface area (Å²) in [6.07, 6.45) is -5.86. The molecule has 14 atom stereocenters. The maximum atomic E-state index is 14.7. The van der Waals surface area contributed by atoms with Crippen LogP contribution in [0.2, 0.25) is 0 Å². The summed E-state index contributed by atoms with van der Waals surface area (Å²) >= 11 is 6.43. The Morgan fingerprint density at radius 3 is 2.02 bits per heavy atom.